The number of nitrogens with zero attached hydrogens (tertiary/aromatic N) is 3. The van der Waals surface area contributed by atoms with E-state index in [1.165, 1.54) is 0 Å². The number of benzene rings is 1. The van der Waals surface area contributed by atoms with Crippen molar-refractivity contribution in [1.82, 2.24) is 9.80 Å². The zero-order valence-electron chi connectivity index (χ0n) is 11.8. The first-order chi connectivity index (χ1) is 9.56. The number of rotatable bonds is 3. The summed E-state index contributed by atoms with van der Waals surface area (Å²) in [6, 6.07) is 7.21. The highest BCUT2D eigenvalue weighted by Crippen LogP contribution is 2.13. The number of hydrogen-bond acceptors (Lipinski definition) is 4. The highest BCUT2D eigenvalue weighted by atomic mass is 35.5. The zero-order valence-corrected chi connectivity index (χ0v) is 12.5. The first-order valence-corrected chi connectivity index (χ1v) is 6.98. The van der Waals surface area contributed by atoms with Gasteiger partial charge in [0.2, 0.25) is 0 Å². The topological polar surface area (TPSA) is 47.9 Å². The van der Waals surface area contributed by atoms with Gasteiger partial charge < -0.3 is 9.80 Å². The van der Waals surface area contributed by atoms with Gasteiger partial charge in [0.05, 0.1) is 5.69 Å². The van der Waals surface area contributed by atoms with Crippen LogP contribution in [0.4, 0.5) is 5.69 Å². The van der Waals surface area contributed by atoms with E-state index >= 15 is 0 Å². The molecule has 0 bridgehead atoms. The zero-order chi connectivity index (χ0) is 14.5. The number of anilines is 1. The molecule has 1 saturated heterocycles. The molecule has 1 aliphatic rings. The van der Waals surface area contributed by atoms with E-state index in [0.29, 0.717) is 10.9 Å². The van der Waals surface area contributed by atoms with E-state index in [4.69, 9.17) is 11.6 Å². The standard InChI is InChI=1S/C14H19ClN4O/c1-11(20)14(19-9-7-18(2)8-10-19)17-16-13-5-3-12(15)4-6-13/h3-6,16H,7-10H2,1-2H3/b17-14-. The third kappa shape index (κ3) is 3.95. The minimum atomic E-state index is -0.0315. The fourth-order valence-electron chi connectivity index (χ4n) is 2.03. The molecule has 1 N–H and O–H groups in total. The SMILES string of the molecule is CC(=O)/C(=N/Nc1ccc(Cl)cc1)N1CCN(C)CC1. The molecular formula is C14H19ClN4O. The molecule has 1 fully saturated rings. The average molecular weight is 295 g/mol. The van der Waals surface area contributed by atoms with Crippen LogP contribution in [0, 0.1) is 0 Å². The van der Waals surface area contributed by atoms with Gasteiger partial charge in [-0.25, -0.2) is 0 Å². The monoisotopic (exact) mass is 294 g/mol. The Hall–Kier alpha value is -1.59. The molecule has 1 heterocycles. The van der Waals surface area contributed by atoms with Crippen LogP contribution in [0.3, 0.4) is 0 Å². The van der Waals surface area contributed by atoms with Gasteiger partial charge in [0, 0.05) is 38.1 Å². The van der Waals surface area contributed by atoms with Crippen LogP contribution < -0.4 is 5.43 Å². The molecule has 1 aromatic carbocycles. The Morgan fingerprint density at radius 3 is 2.35 bits per heavy atom. The van der Waals surface area contributed by atoms with E-state index < -0.39 is 0 Å². The lowest BCUT2D eigenvalue weighted by Crippen LogP contribution is -2.49. The molecule has 0 amide bonds. The van der Waals surface area contributed by atoms with Gasteiger partial charge in [-0.05, 0) is 31.3 Å². The fraction of sp³-hybridized carbons (Fsp3) is 0.429. The number of hydrazone groups is 1. The Morgan fingerprint density at radius 2 is 1.80 bits per heavy atom. The van der Waals surface area contributed by atoms with E-state index in [2.05, 4.69) is 22.5 Å². The molecule has 6 heteroatoms. The number of Topliss-reactive ketones (excluding diaryl/α,β-unsaturated/α-hetero) is 1. The van der Waals surface area contributed by atoms with Gasteiger partial charge in [0.15, 0.2) is 11.6 Å². The second-order valence-corrected chi connectivity index (χ2v) is 5.34. The Morgan fingerprint density at radius 1 is 1.20 bits per heavy atom. The van der Waals surface area contributed by atoms with Crippen molar-refractivity contribution in [2.45, 2.75) is 6.92 Å². The molecule has 0 radical (unpaired) electrons. The molecule has 5 nitrogen and oxygen atoms in total. The Labute approximate surface area is 124 Å². The van der Waals surface area contributed by atoms with Gasteiger partial charge in [-0.15, -0.1) is 0 Å². The minimum Gasteiger partial charge on any atom is -0.350 e. The van der Waals surface area contributed by atoms with Gasteiger partial charge in [-0.2, -0.15) is 5.10 Å². The average Bonchev–Trinajstić information content (AvgIpc) is 2.43. The number of carbonyl (C=O) groups is 1. The largest absolute Gasteiger partial charge is 0.350 e. The normalized spacial score (nSPS) is 17.1. The summed E-state index contributed by atoms with van der Waals surface area (Å²) in [6.07, 6.45) is 0. The van der Waals surface area contributed by atoms with Gasteiger partial charge in [-0.1, -0.05) is 11.6 Å². The summed E-state index contributed by atoms with van der Waals surface area (Å²) in [7, 11) is 2.08. The molecule has 1 aliphatic heterocycles. The van der Waals surface area contributed by atoms with Gasteiger partial charge in [-0.3, -0.25) is 10.2 Å². The molecule has 1 aromatic rings. The predicted molar refractivity (Wildman–Crippen MR) is 82.3 cm³/mol. The van der Waals surface area contributed by atoms with Crippen molar-refractivity contribution in [3.8, 4) is 0 Å². The van der Waals surface area contributed by atoms with Crippen molar-refractivity contribution >= 4 is 28.9 Å². The Kier molecular flexibility index (Phi) is 4.98. The molecule has 0 unspecified atom stereocenters. The van der Waals surface area contributed by atoms with E-state index in [0.717, 1.165) is 31.9 Å². The summed E-state index contributed by atoms with van der Waals surface area (Å²) >= 11 is 5.83. The lowest BCUT2D eigenvalue weighted by molar-refractivity contribution is -0.111. The first-order valence-electron chi connectivity index (χ1n) is 6.60. The first kappa shape index (κ1) is 14.8. The van der Waals surface area contributed by atoms with Crippen LogP contribution in [0.5, 0.6) is 0 Å². The number of hydrogen-bond donors (Lipinski definition) is 1. The number of carbonyl (C=O) groups excluding carboxylic acids is 1. The smallest absolute Gasteiger partial charge is 0.196 e. The van der Waals surface area contributed by atoms with Gasteiger partial charge in [0.25, 0.3) is 0 Å². The maximum absolute atomic E-state index is 11.8. The number of likely N-dealkylation sites (N-methyl/N-ethyl adjacent to an activating group) is 1. The molecule has 108 valence electrons. The summed E-state index contributed by atoms with van der Waals surface area (Å²) in [5.74, 6) is 0.448. The maximum atomic E-state index is 11.8. The lowest BCUT2D eigenvalue weighted by Gasteiger charge is -2.33. The molecule has 0 atom stereocenters. The number of halogens is 1. The van der Waals surface area contributed by atoms with Crippen molar-refractivity contribution in [3.05, 3.63) is 29.3 Å². The summed E-state index contributed by atoms with van der Waals surface area (Å²) in [4.78, 5) is 16.0. The van der Waals surface area contributed by atoms with Crippen LogP contribution in [0.15, 0.2) is 29.4 Å². The van der Waals surface area contributed by atoms with Crippen molar-refractivity contribution in [1.29, 1.82) is 0 Å². The molecule has 2 rings (SSSR count). The maximum Gasteiger partial charge on any atom is 0.196 e. The summed E-state index contributed by atoms with van der Waals surface area (Å²) in [5.41, 5.74) is 3.72. The number of nitrogens with one attached hydrogen (secondary N) is 1. The molecule has 0 saturated carbocycles. The van der Waals surface area contributed by atoms with Crippen LogP contribution in [-0.2, 0) is 4.79 Å². The summed E-state index contributed by atoms with van der Waals surface area (Å²) in [5, 5.41) is 4.92. The van der Waals surface area contributed by atoms with Gasteiger partial charge in [0.1, 0.15) is 0 Å². The van der Waals surface area contributed by atoms with Crippen molar-refractivity contribution < 1.29 is 4.79 Å². The van der Waals surface area contributed by atoms with Crippen LogP contribution in [0.25, 0.3) is 0 Å². The summed E-state index contributed by atoms with van der Waals surface area (Å²) in [6.45, 7) is 5.05. The molecular weight excluding hydrogens is 276 g/mol. The van der Waals surface area contributed by atoms with Gasteiger partial charge >= 0.3 is 0 Å². The van der Waals surface area contributed by atoms with Crippen LogP contribution in [0.2, 0.25) is 5.02 Å². The number of amidine groups is 1. The van der Waals surface area contributed by atoms with E-state index in [-0.39, 0.29) is 5.78 Å². The van der Waals surface area contributed by atoms with E-state index in [9.17, 15) is 4.79 Å². The minimum absolute atomic E-state index is 0.0315. The third-order valence-electron chi connectivity index (χ3n) is 3.25. The molecule has 0 spiro atoms. The molecule has 20 heavy (non-hydrogen) atoms. The highest BCUT2D eigenvalue weighted by Gasteiger charge is 2.20. The third-order valence-corrected chi connectivity index (χ3v) is 3.50. The number of piperazine rings is 1. The quantitative estimate of drug-likeness (QED) is 0.525. The lowest BCUT2D eigenvalue weighted by atomic mass is 10.3. The second kappa shape index (κ2) is 6.72. The van der Waals surface area contributed by atoms with Crippen molar-refractivity contribution in [2.75, 3.05) is 38.7 Å². The van der Waals surface area contributed by atoms with Crippen molar-refractivity contribution in [3.63, 3.8) is 0 Å². The van der Waals surface area contributed by atoms with Crippen LogP contribution in [0.1, 0.15) is 6.92 Å². The summed E-state index contributed by atoms with van der Waals surface area (Å²) < 4.78 is 0. The Bertz CT molecular complexity index is 492. The van der Waals surface area contributed by atoms with Crippen LogP contribution >= 0.6 is 11.6 Å². The highest BCUT2D eigenvalue weighted by molar-refractivity contribution is 6.38. The fourth-order valence-corrected chi connectivity index (χ4v) is 2.16. The second-order valence-electron chi connectivity index (χ2n) is 4.90. The number of ketones is 1. The van der Waals surface area contributed by atoms with E-state index in [1.54, 1.807) is 19.1 Å². The van der Waals surface area contributed by atoms with E-state index in [1.807, 2.05) is 17.0 Å². The van der Waals surface area contributed by atoms with Crippen molar-refractivity contribution in [2.24, 2.45) is 5.10 Å². The Balaban J connectivity index is 2.06. The predicted octanol–water partition coefficient (Wildman–Crippen LogP) is 1.90. The van der Waals surface area contributed by atoms with Crippen LogP contribution in [-0.4, -0.2) is 54.6 Å². The molecule has 0 aromatic heterocycles. The molecule has 0 aliphatic carbocycles.